The average molecular weight is 288 g/mol. The lowest BCUT2D eigenvalue weighted by Gasteiger charge is -2.14. The summed E-state index contributed by atoms with van der Waals surface area (Å²) in [6.07, 6.45) is 2.89. The first-order valence-corrected chi connectivity index (χ1v) is 6.95. The fourth-order valence-electron chi connectivity index (χ4n) is 2.47. The van der Waals surface area contributed by atoms with E-state index in [1.807, 2.05) is 0 Å². The third kappa shape index (κ3) is 3.11. The number of rotatable bonds is 3. The zero-order chi connectivity index (χ0) is 14.8. The number of likely N-dealkylation sites (tertiary alicyclic amines) is 1. The summed E-state index contributed by atoms with van der Waals surface area (Å²) in [5, 5.41) is 4.36. The molecule has 6 heteroatoms. The highest BCUT2D eigenvalue weighted by Gasteiger charge is 2.23. The number of aromatic nitrogens is 2. The van der Waals surface area contributed by atoms with Crippen LogP contribution < -0.4 is 5.73 Å². The van der Waals surface area contributed by atoms with E-state index in [4.69, 9.17) is 5.73 Å². The van der Waals surface area contributed by atoms with Crippen molar-refractivity contribution < 1.29 is 9.18 Å². The van der Waals surface area contributed by atoms with Crippen LogP contribution in [-0.2, 0) is 11.2 Å². The minimum atomic E-state index is -0.285. The Labute approximate surface area is 122 Å². The molecule has 0 aliphatic carbocycles. The van der Waals surface area contributed by atoms with Crippen LogP contribution in [0.15, 0.2) is 36.5 Å². The largest absolute Gasteiger partial charge is 0.341 e. The topological polar surface area (TPSA) is 64.2 Å². The number of nitrogens with two attached hydrogens (primary N) is 1. The lowest BCUT2D eigenvalue weighted by molar-refractivity contribution is -0.129. The predicted molar refractivity (Wildman–Crippen MR) is 76.4 cm³/mol. The van der Waals surface area contributed by atoms with E-state index in [0.29, 0.717) is 12.2 Å². The van der Waals surface area contributed by atoms with Gasteiger partial charge in [-0.05, 0) is 36.8 Å². The molecule has 2 aromatic rings. The molecule has 0 bridgehead atoms. The number of carbonyl (C=O) groups is 1. The second kappa shape index (κ2) is 5.65. The van der Waals surface area contributed by atoms with Gasteiger partial charge in [-0.1, -0.05) is 0 Å². The number of hydrogen-bond acceptors (Lipinski definition) is 3. The fourth-order valence-corrected chi connectivity index (χ4v) is 2.47. The summed E-state index contributed by atoms with van der Waals surface area (Å²) in [6.45, 7) is 1.34. The summed E-state index contributed by atoms with van der Waals surface area (Å²) in [5.41, 5.74) is 7.27. The first kappa shape index (κ1) is 13.8. The van der Waals surface area contributed by atoms with Gasteiger partial charge in [-0.2, -0.15) is 5.10 Å². The standard InChI is InChI=1S/C15H17FN4O/c16-11-1-3-14(4-2-11)20-8-6-13(18-20)9-15(21)19-7-5-12(17)10-19/h1-4,6,8,12H,5,7,9-10,17H2/t12-/m0/s1. The molecule has 21 heavy (non-hydrogen) atoms. The third-order valence-electron chi connectivity index (χ3n) is 3.65. The number of nitrogens with zero attached hydrogens (tertiary/aromatic N) is 3. The van der Waals surface area contributed by atoms with E-state index in [9.17, 15) is 9.18 Å². The zero-order valence-corrected chi connectivity index (χ0v) is 11.6. The Morgan fingerprint density at radius 3 is 2.76 bits per heavy atom. The van der Waals surface area contributed by atoms with E-state index in [1.54, 1.807) is 34.0 Å². The van der Waals surface area contributed by atoms with E-state index in [0.717, 1.165) is 18.7 Å². The van der Waals surface area contributed by atoms with Crippen LogP contribution in [0.4, 0.5) is 4.39 Å². The van der Waals surface area contributed by atoms with Gasteiger partial charge in [0.25, 0.3) is 0 Å². The van der Waals surface area contributed by atoms with Crippen LogP contribution in [0.25, 0.3) is 5.69 Å². The van der Waals surface area contributed by atoms with Gasteiger partial charge in [0.2, 0.25) is 5.91 Å². The van der Waals surface area contributed by atoms with Crippen molar-refractivity contribution in [3.63, 3.8) is 0 Å². The Balaban J connectivity index is 1.67. The zero-order valence-electron chi connectivity index (χ0n) is 11.6. The summed E-state index contributed by atoms with van der Waals surface area (Å²) >= 11 is 0. The van der Waals surface area contributed by atoms with Crippen LogP contribution in [0.3, 0.4) is 0 Å². The van der Waals surface area contributed by atoms with Gasteiger partial charge < -0.3 is 10.6 Å². The molecule has 110 valence electrons. The molecule has 0 spiro atoms. The van der Waals surface area contributed by atoms with Gasteiger partial charge in [0.15, 0.2) is 0 Å². The predicted octanol–water partition coefficient (Wildman–Crippen LogP) is 1.11. The fraction of sp³-hybridized carbons (Fsp3) is 0.333. The van der Waals surface area contributed by atoms with E-state index in [-0.39, 0.29) is 24.2 Å². The van der Waals surface area contributed by atoms with Gasteiger partial charge in [0, 0.05) is 25.3 Å². The second-order valence-electron chi connectivity index (χ2n) is 5.29. The molecule has 1 fully saturated rings. The maximum Gasteiger partial charge on any atom is 0.228 e. The first-order chi connectivity index (χ1) is 10.1. The maximum absolute atomic E-state index is 12.9. The number of amides is 1. The summed E-state index contributed by atoms with van der Waals surface area (Å²) in [7, 11) is 0. The quantitative estimate of drug-likeness (QED) is 0.920. The monoisotopic (exact) mass is 288 g/mol. The van der Waals surface area contributed by atoms with Crippen molar-refractivity contribution in [2.24, 2.45) is 5.73 Å². The van der Waals surface area contributed by atoms with Gasteiger partial charge >= 0.3 is 0 Å². The molecule has 1 aliphatic heterocycles. The molecule has 3 rings (SSSR count). The van der Waals surface area contributed by atoms with Crippen LogP contribution in [0.2, 0.25) is 0 Å². The molecule has 1 aliphatic rings. The molecule has 0 saturated carbocycles. The highest BCUT2D eigenvalue weighted by molar-refractivity contribution is 5.78. The number of benzene rings is 1. The smallest absolute Gasteiger partial charge is 0.228 e. The van der Waals surface area contributed by atoms with Gasteiger partial charge in [-0.15, -0.1) is 0 Å². The lowest BCUT2D eigenvalue weighted by atomic mass is 10.3. The molecular weight excluding hydrogens is 271 g/mol. The van der Waals surface area contributed by atoms with Crippen molar-refractivity contribution in [2.45, 2.75) is 18.9 Å². The van der Waals surface area contributed by atoms with E-state index < -0.39 is 0 Å². The van der Waals surface area contributed by atoms with Crippen LogP contribution in [-0.4, -0.2) is 39.7 Å². The average Bonchev–Trinajstić information content (AvgIpc) is 3.09. The molecular formula is C15H17FN4O. The van der Waals surface area contributed by atoms with Crippen molar-refractivity contribution in [1.82, 2.24) is 14.7 Å². The molecule has 1 amide bonds. The summed E-state index contributed by atoms with van der Waals surface area (Å²) in [4.78, 5) is 13.9. The normalized spacial score (nSPS) is 18.2. The van der Waals surface area contributed by atoms with Crippen LogP contribution in [0, 0.1) is 5.82 Å². The van der Waals surface area contributed by atoms with Crippen molar-refractivity contribution in [3.05, 3.63) is 48.0 Å². The molecule has 1 aromatic heterocycles. The summed E-state index contributed by atoms with van der Waals surface area (Å²) < 4.78 is 14.5. The molecule has 5 nitrogen and oxygen atoms in total. The molecule has 2 N–H and O–H groups in total. The third-order valence-corrected chi connectivity index (χ3v) is 3.65. The Kier molecular flexibility index (Phi) is 3.70. The Bertz CT molecular complexity index is 637. The van der Waals surface area contributed by atoms with E-state index >= 15 is 0 Å². The minimum Gasteiger partial charge on any atom is -0.341 e. The second-order valence-corrected chi connectivity index (χ2v) is 5.29. The molecule has 0 radical (unpaired) electrons. The van der Waals surface area contributed by atoms with E-state index in [2.05, 4.69) is 5.10 Å². The van der Waals surface area contributed by atoms with Crippen LogP contribution in [0.1, 0.15) is 12.1 Å². The maximum atomic E-state index is 12.9. The Morgan fingerprint density at radius 2 is 2.10 bits per heavy atom. The van der Waals surface area contributed by atoms with Crippen LogP contribution in [0.5, 0.6) is 0 Å². The van der Waals surface area contributed by atoms with Crippen molar-refractivity contribution in [1.29, 1.82) is 0 Å². The molecule has 1 saturated heterocycles. The summed E-state index contributed by atoms with van der Waals surface area (Å²) in [6, 6.07) is 7.95. The summed E-state index contributed by atoms with van der Waals surface area (Å²) in [5.74, 6) is -0.237. The van der Waals surface area contributed by atoms with Gasteiger partial charge in [0.1, 0.15) is 5.82 Å². The van der Waals surface area contributed by atoms with E-state index in [1.165, 1.54) is 12.1 Å². The molecule has 2 heterocycles. The Hall–Kier alpha value is -2.21. The van der Waals surface area contributed by atoms with Gasteiger partial charge in [-0.25, -0.2) is 9.07 Å². The first-order valence-electron chi connectivity index (χ1n) is 6.95. The molecule has 1 aromatic carbocycles. The highest BCUT2D eigenvalue weighted by Crippen LogP contribution is 2.12. The van der Waals surface area contributed by atoms with Gasteiger partial charge in [-0.3, -0.25) is 4.79 Å². The van der Waals surface area contributed by atoms with Crippen molar-refractivity contribution in [2.75, 3.05) is 13.1 Å². The number of halogens is 1. The minimum absolute atomic E-state index is 0.0484. The number of hydrogen-bond donors (Lipinski definition) is 1. The van der Waals surface area contributed by atoms with Crippen LogP contribution >= 0.6 is 0 Å². The van der Waals surface area contributed by atoms with Gasteiger partial charge in [0.05, 0.1) is 17.8 Å². The lowest BCUT2D eigenvalue weighted by Crippen LogP contribution is -2.33. The molecule has 1 atom stereocenters. The highest BCUT2D eigenvalue weighted by atomic mass is 19.1. The molecule has 0 unspecified atom stereocenters. The van der Waals surface area contributed by atoms with Crippen molar-refractivity contribution >= 4 is 5.91 Å². The SMILES string of the molecule is N[C@H]1CCN(C(=O)Cc2ccn(-c3ccc(F)cc3)n2)C1. The number of carbonyl (C=O) groups excluding carboxylic acids is 1. The van der Waals surface area contributed by atoms with Crippen molar-refractivity contribution in [3.8, 4) is 5.69 Å². The Morgan fingerprint density at radius 1 is 1.33 bits per heavy atom.